The Morgan fingerprint density at radius 1 is 1.19 bits per heavy atom. The van der Waals surface area contributed by atoms with E-state index in [9.17, 15) is 9.59 Å². The van der Waals surface area contributed by atoms with Gasteiger partial charge >= 0.3 is 0 Å². The molecule has 0 aliphatic carbocycles. The minimum atomic E-state index is -0.263. The molecule has 7 nitrogen and oxygen atoms in total. The van der Waals surface area contributed by atoms with Crippen LogP contribution in [-0.4, -0.2) is 61.5 Å². The number of aryl methyl sites for hydroxylation is 1. The number of hydrogen-bond donors (Lipinski definition) is 1. The van der Waals surface area contributed by atoms with Gasteiger partial charge in [-0.2, -0.15) is 0 Å². The molecule has 0 spiro atoms. The normalized spacial score (nSPS) is 14.6. The van der Waals surface area contributed by atoms with Gasteiger partial charge < -0.3 is 19.9 Å². The molecule has 27 heavy (non-hydrogen) atoms. The lowest BCUT2D eigenvalue weighted by atomic mass is 10.2. The molecule has 1 aliphatic heterocycles. The van der Waals surface area contributed by atoms with Crippen molar-refractivity contribution in [1.29, 1.82) is 0 Å². The minimum absolute atomic E-state index is 0.00121. The van der Waals surface area contributed by atoms with Crippen LogP contribution in [0, 0.1) is 6.92 Å². The molecular weight excluding hydrogens is 364 g/mol. The molecule has 1 aromatic heterocycles. The van der Waals surface area contributed by atoms with Gasteiger partial charge in [0.05, 0.1) is 19.3 Å². The number of rotatable bonds is 5. The molecule has 1 N–H and O–H groups in total. The molecule has 0 bridgehead atoms. The highest BCUT2D eigenvalue weighted by atomic mass is 32.1. The summed E-state index contributed by atoms with van der Waals surface area (Å²) < 4.78 is 5.08. The summed E-state index contributed by atoms with van der Waals surface area (Å²) in [5, 5.41) is 5.75. The number of carbonyl (C=O) groups excluding carboxylic acids is 2. The van der Waals surface area contributed by atoms with Crippen LogP contribution in [0.5, 0.6) is 5.75 Å². The van der Waals surface area contributed by atoms with E-state index >= 15 is 0 Å². The molecule has 1 saturated heterocycles. The lowest BCUT2D eigenvalue weighted by Gasteiger charge is -2.22. The maximum atomic E-state index is 12.5. The highest BCUT2D eigenvalue weighted by molar-refractivity contribution is 7.13. The summed E-state index contributed by atoms with van der Waals surface area (Å²) in [7, 11) is 1.58. The molecule has 2 heterocycles. The van der Waals surface area contributed by atoms with Gasteiger partial charge in [-0.05, 0) is 37.6 Å². The number of amides is 2. The first-order valence-electron chi connectivity index (χ1n) is 8.94. The highest BCUT2D eigenvalue weighted by Gasteiger charge is 2.21. The van der Waals surface area contributed by atoms with Gasteiger partial charge in [-0.1, -0.05) is 0 Å². The van der Waals surface area contributed by atoms with Crippen molar-refractivity contribution in [3.05, 3.63) is 40.9 Å². The van der Waals surface area contributed by atoms with E-state index in [2.05, 4.69) is 15.2 Å². The van der Waals surface area contributed by atoms with Crippen LogP contribution < -0.4 is 15.0 Å². The fourth-order valence-corrected chi connectivity index (χ4v) is 3.81. The first-order valence-corrected chi connectivity index (χ1v) is 9.82. The predicted octanol–water partition coefficient (Wildman–Crippen LogP) is 1.93. The van der Waals surface area contributed by atoms with Gasteiger partial charge in [0.15, 0.2) is 5.13 Å². The van der Waals surface area contributed by atoms with Gasteiger partial charge in [-0.25, -0.2) is 4.98 Å². The number of benzene rings is 1. The van der Waals surface area contributed by atoms with Crippen LogP contribution in [0.4, 0.5) is 5.13 Å². The molecule has 8 heteroatoms. The van der Waals surface area contributed by atoms with Gasteiger partial charge in [0.25, 0.3) is 5.91 Å². The summed E-state index contributed by atoms with van der Waals surface area (Å²) in [6, 6.07) is 6.80. The molecule has 0 radical (unpaired) electrons. The van der Waals surface area contributed by atoms with Gasteiger partial charge in [-0.15, -0.1) is 11.3 Å². The van der Waals surface area contributed by atoms with E-state index in [1.165, 1.54) is 0 Å². The maximum Gasteiger partial charge on any atom is 0.251 e. The number of hydrogen-bond acceptors (Lipinski definition) is 6. The van der Waals surface area contributed by atoms with E-state index in [0.29, 0.717) is 24.4 Å². The third kappa shape index (κ3) is 4.97. The van der Waals surface area contributed by atoms with Gasteiger partial charge in [0.2, 0.25) is 5.91 Å². The lowest BCUT2D eigenvalue weighted by Crippen LogP contribution is -2.42. The second-order valence-electron chi connectivity index (χ2n) is 6.40. The highest BCUT2D eigenvalue weighted by Crippen LogP contribution is 2.21. The van der Waals surface area contributed by atoms with Crippen molar-refractivity contribution in [3.8, 4) is 5.75 Å². The molecule has 0 saturated carbocycles. The first kappa shape index (κ1) is 19.2. The van der Waals surface area contributed by atoms with E-state index in [-0.39, 0.29) is 18.4 Å². The number of carbonyl (C=O) groups is 2. The fourth-order valence-electron chi connectivity index (χ4n) is 2.96. The summed E-state index contributed by atoms with van der Waals surface area (Å²) in [6.07, 6.45) is 0.886. The molecule has 3 rings (SSSR count). The molecule has 1 aromatic carbocycles. The lowest BCUT2D eigenvalue weighted by molar-refractivity contribution is -0.129. The molecular formula is C19H24N4O3S. The van der Waals surface area contributed by atoms with E-state index in [4.69, 9.17) is 4.74 Å². The average Bonchev–Trinajstić information content (AvgIpc) is 2.97. The predicted molar refractivity (Wildman–Crippen MR) is 106 cm³/mol. The summed E-state index contributed by atoms with van der Waals surface area (Å²) in [5.41, 5.74) is 1.53. The number of ether oxygens (including phenoxy) is 1. The van der Waals surface area contributed by atoms with Crippen LogP contribution in [-0.2, 0) is 4.79 Å². The van der Waals surface area contributed by atoms with Crippen molar-refractivity contribution in [1.82, 2.24) is 15.2 Å². The van der Waals surface area contributed by atoms with E-state index in [1.54, 1.807) is 42.7 Å². The summed E-state index contributed by atoms with van der Waals surface area (Å²) in [5.74, 6) is 0.363. The van der Waals surface area contributed by atoms with Crippen molar-refractivity contribution in [2.24, 2.45) is 0 Å². The average molecular weight is 388 g/mol. The second kappa shape index (κ2) is 8.85. The third-order valence-corrected chi connectivity index (χ3v) is 5.50. The quantitative estimate of drug-likeness (QED) is 0.847. The van der Waals surface area contributed by atoms with Crippen LogP contribution >= 0.6 is 11.3 Å². The largest absolute Gasteiger partial charge is 0.497 e. The topological polar surface area (TPSA) is 74.8 Å². The summed E-state index contributed by atoms with van der Waals surface area (Å²) in [6.45, 7) is 4.95. The number of nitrogens with one attached hydrogen (secondary N) is 1. The molecule has 2 amide bonds. The van der Waals surface area contributed by atoms with E-state index < -0.39 is 0 Å². The van der Waals surface area contributed by atoms with Crippen molar-refractivity contribution < 1.29 is 14.3 Å². The van der Waals surface area contributed by atoms with Gasteiger partial charge in [0, 0.05) is 37.1 Å². The van der Waals surface area contributed by atoms with Crippen molar-refractivity contribution in [2.45, 2.75) is 13.3 Å². The number of thiazole rings is 1. The second-order valence-corrected chi connectivity index (χ2v) is 7.24. The van der Waals surface area contributed by atoms with Crippen molar-refractivity contribution >= 4 is 28.3 Å². The Kier molecular flexibility index (Phi) is 6.28. The van der Waals surface area contributed by atoms with E-state index in [0.717, 1.165) is 30.3 Å². The third-order valence-electron chi connectivity index (χ3n) is 4.48. The number of anilines is 1. The molecule has 144 valence electrons. The first-order chi connectivity index (χ1) is 13.1. The Morgan fingerprint density at radius 2 is 1.96 bits per heavy atom. The van der Waals surface area contributed by atoms with Crippen LogP contribution in [0.3, 0.4) is 0 Å². The fraction of sp³-hybridized carbons (Fsp3) is 0.421. The molecule has 0 atom stereocenters. The Labute approximate surface area is 162 Å². The summed E-state index contributed by atoms with van der Waals surface area (Å²) >= 11 is 1.63. The van der Waals surface area contributed by atoms with E-state index in [1.807, 2.05) is 17.2 Å². The number of nitrogens with zero attached hydrogens (tertiary/aromatic N) is 3. The Balaban J connectivity index is 1.49. The molecule has 1 aliphatic rings. The van der Waals surface area contributed by atoms with Crippen molar-refractivity contribution in [3.63, 3.8) is 0 Å². The molecule has 2 aromatic rings. The standard InChI is InChI=1S/C19H24N4O3S/c1-14-13-27-19(21-14)23-9-3-8-22(10-11-23)17(24)12-20-18(25)15-4-6-16(26-2)7-5-15/h4-7,13H,3,8-12H2,1-2H3,(H,20,25). The molecule has 0 unspecified atom stereocenters. The van der Waals surface area contributed by atoms with Gasteiger partial charge in [0.1, 0.15) is 5.75 Å². The zero-order valence-corrected chi connectivity index (χ0v) is 16.4. The monoisotopic (exact) mass is 388 g/mol. The van der Waals surface area contributed by atoms with Gasteiger partial charge in [-0.3, -0.25) is 9.59 Å². The molecule has 1 fully saturated rings. The number of methoxy groups -OCH3 is 1. The van der Waals surface area contributed by atoms with Crippen LogP contribution in [0.2, 0.25) is 0 Å². The smallest absolute Gasteiger partial charge is 0.251 e. The van der Waals surface area contributed by atoms with Crippen LogP contribution in [0.25, 0.3) is 0 Å². The zero-order chi connectivity index (χ0) is 19.2. The summed E-state index contributed by atoms with van der Waals surface area (Å²) in [4.78, 5) is 33.3. The zero-order valence-electron chi connectivity index (χ0n) is 15.6. The van der Waals surface area contributed by atoms with Crippen molar-refractivity contribution in [2.75, 3.05) is 44.7 Å². The Morgan fingerprint density at radius 3 is 2.63 bits per heavy atom. The SMILES string of the molecule is COc1ccc(C(=O)NCC(=O)N2CCCN(c3nc(C)cs3)CC2)cc1. The van der Waals surface area contributed by atoms with Crippen LogP contribution in [0.1, 0.15) is 22.5 Å². The van der Waals surface area contributed by atoms with Crippen LogP contribution in [0.15, 0.2) is 29.6 Å². The minimum Gasteiger partial charge on any atom is -0.497 e. The Bertz CT molecular complexity index is 791. The Hall–Kier alpha value is -2.61. The number of aromatic nitrogens is 1. The maximum absolute atomic E-state index is 12.5.